The summed E-state index contributed by atoms with van der Waals surface area (Å²) in [5, 5.41) is 3.67. The topological polar surface area (TPSA) is 26.0 Å². The second-order valence-electron chi connectivity index (χ2n) is 3.66. The summed E-state index contributed by atoms with van der Waals surface area (Å²) >= 11 is 0. The van der Waals surface area contributed by atoms with Gasteiger partial charge in [-0.2, -0.15) is 0 Å². The third kappa shape index (κ3) is 0.753. The van der Waals surface area contributed by atoms with Gasteiger partial charge in [-0.1, -0.05) is 19.0 Å². The monoisotopic (exact) mass is 137 g/mol. The lowest BCUT2D eigenvalue weighted by atomic mass is 10.1. The fourth-order valence-corrected chi connectivity index (χ4v) is 1.36. The second-order valence-corrected chi connectivity index (χ2v) is 3.66. The quantitative estimate of drug-likeness (QED) is 0.593. The predicted octanol–water partition coefficient (Wildman–Crippen LogP) is 2.19. The van der Waals surface area contributed by atoms with Crippen LogP contribution in [-0.2, 0) is 0 Å². The Morgan fingerprint density at radius 2 is 2.40 bits per heavy atom. The first-order chi connectivity index (χ1) is 4.70. The van der Waals surface area contributed by atoms with Crippen LogP contribution in [0.3, 0.4) is 0 Å². The van der Waals surface area contributed by atoms with E-state index in [-0.39, 0.29) is 0 Å². The van der Waals surface area contributed by atoms with Gasteiger partial charge in [-0.3, -0.25) is 0 Å². The lowest BCUT2D eigenvalue weighted by Gasteiger charge is -1.96. The van der Waals surface area contributed by atoms with Gasteiger partial charge in [-0.15, -0.1) is 0 Å². The van der Waals surface area contributed by atoms with E-state index in [4.69, 9.17) is 4.52 Å². The lowest BCUT2D eigenvalue weighted by Crippen LogP contribution is -1.86. The Balaban J connectivity index is 2.19. The van der Waals surface area contributed by atoms with Gasteiger partial charge in [-0.05, 0) is 11.8 Å². The molecule has 1 aliphatic carbocycles. The van der Waals surface area contributed by atoms with Gasteiger partial charge in [0.15, 0.2) is 0 Å². The smallest absolute Gasteiger partial charge is 0.140 e. The minimum Gasteiger partial charge on any atom is -0.361 e. The molecule has 54 valence electrons. The summed E-state index contributed by atoms with van der Waals surface area (Å²) in [4.78, 5) is 0. The summed E-state index contributed by atoms with van der Waals surface area (Å²) in [6.45, 7) is 4.50. The van der Waals surface area contributed by atoms with Crippen LogP contribution in [0.1, 0.15) is 31.9 Å². The van der Waals surface area contributed by atoms with Crippen LogP contribution in [0.5, 0.6) is 0 Å². The molecule has 0 spiro atoms. The van der Waals surface area contributed by atoms with Crippen LogP contribution in [0, 0.1) is 5.41 Å². The maximum atomic E-state index is 5.04. The molecule has 1 aromatic heterocycles. The molecule has 0 N–H and O–H groups in total. The molecule has 0 radical (unpaired) electrons. The average molecular weight is 137 g/mol. The van der Waals surface area contributed by atoms with Crippen molar-refractivity contribution in [1.82, 2.24) is 5.16 Å². The van der Waals surface area contributed by atoms with Gasteiger partial charge in [0, 0.05) is 12.0 Å². The molecule has 1 fully saturated rings. The summed E-state index contributed by atoms with van der Waals surface area (Å²) < 4.78 is 5.04. The molecule has 2 nitrogen and oxygen atoms in total. The highest BCUT2D eigenvalue weighted by Gasteiger charge is 2.48. The van der Waals surface area contributed by atoms with E-state index >= 15 is 0 Å². The molecular weight excluding hydrogens is 126 g/mol. The summed E-state index contributed by atoms with van der Waals surface area (Å²) in [6.07, 6.45) is 2.95. The van der Waals surface area contributed by atoms with Gasteiger partial charge in [0.25, 0.3) is 0 Å². The molecule has 1 aliphatic rings. The van der Waals surface area contributed by atoms with E-state index < -0.39 is 0 Å². The molecule has 0 aromatic carbocycles. The predicted molar refractivity (Wildman–Crippen MR) is 37.6 cm³/mol. The van der Waals surface area contributed by atoms with Crippen molar-refractivity contribution < 1.29 is 4.52 Å². The zero-order valence-electron chi connectivity index (χ0n) is 6.29. The van der Waals surface area contributed by atoms with Crippen molar-refractivity contribution in [3.8, 4) is 0 Å². The molecule has 2 heteroatoms. The molecule has 0 saturated heterocycles. The molecule has 0 amide bonds. The molecule has 10 heavy (non-hydrogen) atoms. The van der Waals surface area contributed by atoms with E-state index in [0.29, 0.717) is 11.3 Å². The average Bonchev–Trinajstić information content (AvgIpc) is 2.31. The number of nitrogens with zero attached hydrogens (tertiary/aromatic N) is 1. The van der Waals surface area contributed by atoms with Gasteiger partial charge in [0.05, 0.1) is 6.20 Å². The van der Waals surface area contributed by atoms with Gasteiger partial charge >= 0.3 is 0 Å². The Bertz CT molecular complexity index is 225. The zero-order valence-corrected chi connectivity index (χ0v) is 6.29. The van der Waals surface area contributed by atoms with Gasteiger partial charge in [0.1, 0.15) is 5.76 Å². The van der Waals surface area contributed by atoms with Gasteiger partial charge in [-0.25, -0.2) is 0 Å². The molecule has 0 aliphatic heterocycles. The zero-order chi connectivity index (χ0) is 7.19. The van der Waals surface area contributed by atoms with Crippen molar-refractivity contribution in [1.29, 1.82) is 0 Å². The fourth-order valence-electron chi connectivity index (χ4n) is 1.36. The van der Waals surface area contributed by atoms with Crippen LogP contribution in [-0.4, -0.2) is 5.16 Å². The first-order valence-corrected chi connectivity index (χ1v) is 3.61. The Morgan fingerprint density at radius 1 is 1.70 bits per heavy atom. The SMILES string of the molecule is CC1(C)CC1c1ccno1. The maximum Gasteiger partial charge on any atom is 0.140 e. The number of hydrogen-bond donors (Lipinski definition) is 0. The third-order valence-corrected chi connectivity index (χ3v) is 2.31. The highest BCUT2D eigenvalue weighted by molar-refractivity contribution is 5.17. The molecule has 1 aromatic rings. The fraction of sp³-hybridized carbons (Fsp3) is 0.625. The summed E-state index contributed by atoms with van der Waals surface area (Å²) in [7, 11) is 0. The van der Waals surface area contributed by atoms with Crippen LogP contribution in [0.4, 0.5) is 0 Å². The summed E-state index contributed by atoms with van der Waals surface area (Å²) in [5.74, 6) is 1.67. The minimum absolute atomic E-state index is 0.458. The summed E-state index contributed by atoms with van der Waals surface area (Å²) in [5.41, 5.74) is 0.458. The number of aromatic nitrogens is 1. The van der Waals surface area contributed by atoms with E-state index in [1.165, 1.54) is 6.42 Å². The molecule has 2 rings (SSSR count). The Hall–Kier alpha value is -0.790. The third-order valence-electron chi connectivity index (χ3n) is 2.31. The van der Waals surface area contributed by atoms with Crippen molar-refractivity contribution >= 4 is 0 Å². The van der Waals surface area contributed by atoms with E-state index in [1.54, 1.807) is 6.20 Å². The van der Waals surface area contributed by atoms with Crippen molar-refractivity contribution in [2.45, 2.75) is 26.2 Å². The normalized spacial score (nSPS) is 28.4. The first-order valence-electron chi connectivity index (χ1n) is 3.61. The van der Waals surface area contributed by atoms with Crippen molar-refractivity contribution in [3.63, 3.8) is 0 Å². The standard InChI is InChI=1S/C8H11NO/c1-8(2)5-6(8)7-3-4-9-10-7/h3-4,6H,5H2,1-2H3. The van der Waals surface area contributed by atoms with Crippen molar-refractivity contribution in [2.24, 2.45) is 5.41 Å². The van der Waals surface area contributed by atoms with E-state index in [9.17, 15) is 0 Å². The Morgan fingerprint density at radius 3 is 2.80 bits per heavy atom. The van der Waals surface area contributed by atoms with Crippen molar-refractivity contribution in [2.75, 3.05) is 0 Å². The van der Waals surface area contributed by atoms with E-state index in [1.807, 2.05) is 6.07 Å². The van der Waals surface area contributed by atoms with Crippen LogP contribution < -0.4 is 0 Å². The maximum absolute atomic E-state index is 5.04. The molecule has 1 heterocycles. The van der Waals surface area contributed by atoms with Crippen LogP contribution in [0.25, 0.3) is 0 Å². The van der Waals surface area contributed by atoms with Gasteiger partial charge in [0.2, 0.25) is 0 Å². The highest BCUT2D eigenvalue weighted by Crippen LogP contribution is 2.58. The Labute approximate surface area is 60.2 Å². The number of hydrogen-bond acceptors (Lipinski definition) is 2. The summed E-state index contributed by atoms with van der Waals surface area (Å²) in [6, 6.07) is 1.96. The molecule has 0 bridgehead atoms. The van der Waals surface area contributed by atoms with Crippen molar-refractivity contribution in [3.05, 3.63) is 18.0 Å². The highest BCUT2D eigenvalue weighted by atomic mass is 16.5. The largest absolute Gasteiger partial charge is 0.361 e. The molecule has 1 saturated carbocycles. The van der Waals surface area contributed by atoms with Crippen LogP contribution in [0.15, 0.2) is 16.8 Å². The minimum atomic E-state index is 0.458. The molecule has 1 unspecified atom stereocenters. The van der Waals surface area contributed by atoms with Crippen LogP contribution in [0.2, 0.25) is 0 Å². The second kappa shape index (κ2) is 1.62. The first kappa shape index (κ1) is 5.96. The van der Waals surface area contributed by atoms with E-state index in [2.05, 4.69) is 19.0 Å². The van der Waals surface area contributed by atoms with Gasteiger partial charge < -0.3 is 4.52 Å². The molecular formula is C8H11NO. The van der Waals surface area contributed by atoms with E-state index in [0.717, 1.165) is 5.76 Å². The van der Waals surface area contributed by atoms with Crippen LogP contribution >= 0.6 is 0 Å². The lowest BCUT2D eigenvalue weighted by molar-refractivity contribution is 0.373. The molecule has 1 atom stereocenters. The Kier molecular flexibility index (Phi) is 0.967. The number of rotatable bonds is 1.